The molecule has 1 heterocycles. The first kappa shape index (κ1) is 94.2. The van der Waals surface area contributed by atoms with Crippen LogP contribution in [0.3, 0.4) is 0 Å². The van der Waals surface area contributed by atoms with Crippen LogP contribution in [0.4, 0.5) is 0 Å². The number of amides is 11. The van der Waals surface area contributed by atoms with Crippen molar-refractivity contribution in [2.75, 3.05) is 74.0 Å². The van der Waals surface area contributed by atoms with Gasteiger partial charge in [0.05, 0.1) is 11.7 Å². The summed E-state index contributed by atoms with van der Waals surface area (Å²) in [4.78, 5) is 185. The molecule has 1 fully saturated rings. The first-order valence-corrected chi connectivity index (χ1v) is 39.1. The summed E-state index contributed by atoms with van der Waals surface area (Å²) in [5.41, 5.74) is 1.14. The molecule has 1 aliphatic rings. The van der Waals surface area contributed by atoms with Gasteiger partial charge in [0, 0.05) is 68.2 Å². The topological polar surface area (TPSA) is 348 Å². The molecule has 27 nitrogen and oxygen atoms in total. The van der Waals surface area contributed by atoms with Crippen LogP contribution in [0, 0.1) is 41.4 Å². The van der Waals surface area contributed by atoms with Gasteiger partial charge in [-0.2, -0.15) is 11.8 Å². The number of likely N-dealkylation sites (N-methyl/N-ethyl adjacent to an activating group) is 7. The molecule has 598 valence electrons. The summed E-state index contributed by atoms with van der Waals surface area (Å²) in [7, 11) is 10.0. The van der Waals surface area contributed by atoms with E-state index in [4.69, 9.17) is 0 Å². The zero-order valence-electron chi connectivity index (χ0n) is 67.6. The van der Waals surface area contributed by atoms with Crippen molar-refractivity contribution >= 4 is 82.7 Å². The highest BCUT2D eigenvalue weighted by molar-refractivity contribution is 7.99. The van der Waals surface area contributed by atoms with E-state index < -0.39 is 161 Å². The lowest BCUT2D eigenvalue weighted by Crippen LogP contribution is -2.64. The minimum absolute atomic E-state index is 0.0173. The molecule has 1 aliphatic heterocycles. The fourth-order valence-corrected chi connectivity index (χ4v) is 14.4. The number of rotatable bonds is 29. The summed E-state index contributed by atoms with van der Waals surface area (Å²) >= 11 is 1.35. The van der Waals surface area contributed by atoms with Crippen LogP contribution in [0.25, 0.3) is 0 Å². The maximum Gasteiger partial charge on any atom is 0.335 e. The largest absolute Gasteiger partial charge is 0.478 e. The number of nitrogens with one attached hydrogen (secondary N) is 5. The van der Waals surface area contributed by atoms with Gasteiger partial charge in [-0.05, 0) is 143 Å². The van der Waals surface area contributed by atoms with Gasteiger partial charge in [-0.15, -0.1) is 0 Å². The molecule has 0 aromatic heterocycles. The Labute approximate surface area is 631 Å². The molecule has 1 aromatic carbocycles. The number of unbranched alkanes of at least 4 members (excludes halogenated alkanes) is 4. The van der Waals surface area contributed by atoms with E-state index in [1.54, 1.807) is 65.8 Å². The first-order valence-electron chi connectivity index (χ1n) is 38.0. The number of hydrogen-bond acceptors (Lipinski definition) is 16. The lowest BCUT2D eigenvalue weighted by Gasteiger charge is -2.41. The smallest absolute Gasteiger partial charge is 0.335 e. The van der Waals surface area contributed by atoms with E-state index >= 15 is 28.8 Å². The van der Waals surface area contributed by atoms with Crippen LogP contribution in [0.5, 0.6) is 0 Å². The molecule has 0 aliphatic carbocycles. The van der Waals surface area contributed by atoms with Crippen molar-refractivity contribution in [1.82, 2.24) is 60.9 Å². The van der Waals surface area contributed by atoms with Crippen LogP contribution in [0.2, 0.25) is 0 Å². The number of aromatic carboxylic acids is 1. The van der Waals surface area contributed by atoms with E-state index in [0.29, 0.717) is 44.5 Å². The molecule has 8 N–H and O–H groups in total. The molecule has 105 heavy (non-hydrogen) atoms. The Morgan fingerprint density at radius 3 is 1.42 bits per heavy atom. The van der Waals surface area contributed by atoms with Crippen LogP contribution in [-0.2, 0) is 59.3 Å². The lowest BCUT2D eigenvalue weighted by atomic mass is 9.90. The molecule has 0 saturated carbocycles. The lowest BCUT2D eigenvalue weighted by molar-refractivity contribution is -0.157. The summed E-state index contributed by atoms with van der Waals surface area (Å²) in [5.74, 6) is -10.7. The number of nitrogens with zero attached hydrogens (tertiary/aromatic N) is 7. The average Bonchev–Trinajstić information content (AvgIpc) is 0.806. The van der Waals surface area contributed by atoms with Gasteiger partial charge in [-0.1, -0.05) is 128 Å². The standard InChI is InChI=1S/C77H134N12O15S/c1-24-56-71(97)87(21)61(44-105-38-30-29-37-90)74(100)83(17)58(40-46(4)5)68(94)82-62(49(10)11)75(101)84(18)57(39-45(2)3)67(93)79-52(15)66(92)80-53(16)70(96)85(19)59(41-47(6)7)72(98)86(20)60(42-48(8)9)73(99)88(22)63(50(12)13)76(102)89(23)64(69(95)81-56)65(91)51(14)31-27-25-26-28-36-78-43-54-32-34-55(35-33-54)77(103)104/h32-35,45-53,56-65,78,90-91H,24-31,36-44H2,1-23H3,(H,79,93)(H,80,92)(H,81,95)(H,82,94)(H,103,104)/t51-,52-,53+,56+,57-,58+,59+,60+,61-,62-,63+,64+,65-/m1/s1. The second kappa shape index (κ2) is 45.7. The third-order valence-electron chi connectivity index (χ3n) is 19.9. The molecular weight excluding hydrogens is 1360 g/mol. The van der Waals surface area contributed by atoms with Gasteiger partial charge in [0.2, 0.25) is 65.0 Å². The van der Waals surface area contributed by atoms with Gasteiger partial charge in [-0.25, -0.2) is 4.79 Å². The highest BCUT2D eigenvalue weighted by Crippen LogP contribution is 2.27. The highest BCUT2D eigenvalue weighted by atomic mass is 32.2. The van der Waals surface area contributed by atoms with Crippen molar-refractivity contribution in [3.8, 4) is 0 Å². The zero-order chi connectivity index (χ0) is 80.2. The van der Waals surface area contributed by atoms with E-state index in [0.717, 1.165) is 29.7 Å². The molecule has 28 heteroatoms. The number of carbonyl (C=O) groups excluding carboxylic acids is 11. The monoisotopic (exact) mass is 1500 g/mol. The highest BCUT2D eigenvalue weighted by Gasteiger charge is 2.47. The normalized spacial score (nSPS) is 24.6. The molecule has 0 bridgehead atoms. The molecule has 11 amide bonds. The van der Waals surface area contributed by atoms with Crippen molar-refractivity contribution in [3.63, 3.8) is 0 Å². The van der Waals surface area contributed by atoms with Gasteiger partial charge < -0.3 is 76.2 Å². The number of aliphatic hydroxyl groups is 2. The molecule has 0 unspecified atom stereocenters. The second-order valence-electron chi connectivity index (χ2n) is 31.4. The Balaban J connectivity index is 3.02. The van der Waals surface area contributed by atoms with E-state index in [2.05, 4.69) is 26.6 Å². The molecular formula is C77H134N12O15S. The van der Waals surface area contributed by atoms with Crippen molar-refractivity contribution in [3.05, 3.63) is 35.4 Å². The maximum atomic E-state index is 15.6. The predicted molar refractivity (Wildman–Crippen MR) is 410 cm³/mol. The Morgan fingerprint density at radius 2 is 0.924 bits per heavy atom. The van der Waals surface area contributed by atoms with Crippen LogP contribution in [0.1, 0.15) is 204 Å². The quantitative estimate of drug-likeness (QED) is 0.0451. The number of carboxylic acid groups (broad SMARTS) is 1. The summed E-state index contributed by atoms with van der Waals surface area (Å²) in [6, 6.07) is -7.45. The van der Waals surface area contributed by atoms with Gasteiger partial charge in [-0.3, -0.25) is 52.7 Å². The Hall–Kier alpha value is -6.91. The van der Waals surface area contributed by atoms with E-state index in [-0.39, 0.29) is 73.7 Å². The second-order valence-corrected chi connectivity index (χ2v) is 32.5. The molecule has 1 saturated heterocycles. The SMILES string of the molecule is CC[C@@H]1NC(=O)[C@H]([C@H](O)[C@H](C)CCCCCCNCc2ccc(C(=O)O)cc2)N(C)C(=O)[C@H](C(C)C)N(C)C(=O)[C@H](CC(C)C)N(C)C(=O)[C@H](CC(C)C)N(C)C(=O)[C@H](C)NC(=O)[C@@H](C)NC(=O)[C@@H](CC(C)C)N(C)C(=O)[C@@H](C(C)C)NC(=O)[C@H](CC(C)C)N(C)C(=O)[C@@H](CSCCCCO)N(C)C1=O. The Kier molecular flexibility index (Phi) is 41.0. The average molecular weight is 1500 g/mol. The summed E-state index contributed by atoms with van der Waals surface area (Å²) in [6.45, 7) is 29.3. The Morgan fingerprint density at radius 1 is 0.476 bits per heavy atom. The van der Waals surface area contributed by atoms with Gasteiger partial charge in [0.1, 0.15) is 66.5 Å². The summed E-state index contributed by atoms with van der Waals surface area (Å²) in [5, 5.41) is 46.2. The fourth-order valence-electron chi connectivity index (χ4n) is 13.2. The van der Waals surface area contributed by atoms with Crippen molar-refractivity contribution in [2.24, 2.45) is 41.4 Å². The number of benzene rings is 1. The number of hydrogen-bond donors (Lipinski definition) is 8. The number of carbonyl (C=O) groups is 12. The Bertz CT molecular complexity index is 2990. The van der Waals surface area contributed by atoms with Gasteiger partial charge >= 0.3 is 5.97 Å². The van der Waals surface area contributed by atoms with Gasteiger partial charge in [0.15, 0.2) is 0 Å². The van der Waals surface area contributed by atoms with E-state index in [1.807, 2.05) is 55.4 Å². The van der Waals surface area contributed by atoms with Crippen molar-refractivity contribution in [2.45, 2.75) is 267 Å². The number of carboxylic acids is 1. The summed E-state index contributed by atoms with van der Waals surface area (Å²) < 4.78 is 0. The van der Waals surface area contributed by atoms with E-state index in [9.17, 15) is 44.1 Å². The zero-order valence-corrected chi connectivity index (χ0v) is 68.4. The first-order chi connectivity index (χ1) is 49.0. The maximum absolute atomic E-state index is 15.6. The minimum Gasteiger partial charge on any atom is -0.478 e. The molecule has 2 rings (SSSR count). The van der Waals surface area contributed by atoms with Crippen LogP contribution in [0.15, 0.2) is 24.3 Å². The van der Waals surface area contributed by atoms with Crippen molar-refractivity contribution in [1.29, 1.82) is 0 Å². The van der Waals surface area contributed by atoms with Gasteiger partial charge in [0.25, 0.3) is 0 Å². The number of thioether (sulfide) groups is 1. The van der Waals surface area contributed by atoms with Crippen LogP contribution < -0.4 is 26.6 Å². The fraction of sp³-hybridized carbons (Fsp3) is 0.766. The molecule has 0 spiro atoms. The molecule has 0 radical (unpaired) electrons. The number of aliphatic hydroxyl groups excluding tert-OH is 2. The summed E-state index contributed by atoms with van der Waals surface area (Å²) in [6.07, 6.45) is 3.38. The van der Waals surface area contributed by atoms with Crippen molar-refractivity contribution < 1.29 is 72.9 Å². The third kappa shape index (κ3) is 28.6. The molecule has 13 atom stereocenters. The minimum atomic E-state index is -1.67. The predicted octanol–water partition coefficient (Wildman–Crippen LogP) is 5.62. The molecule has 1 aromatic rings. The van der Waals surface area contributed by atoms with E-state index in [1.165, 1.54) is 104 Å². The third-order valence-corrected chi connectivity index (χ3v) is 21.0. The van der Waals surface area contributed by atoms with Crippen LogP contribution >= 0.6 is 11.8 Å². The van der Waals surface area contributed by atoms with Crippen LogP contribution in [-0.4, -0.2) is 267 Å².